The van der Waals surface area contributed by atoms with Gasteiger partial charge in [-0.3, -0.25) is 0 Å². The van der Waals surface area contributed by atoms with Crippen molar-refractivity contribution in [3.05, 3.63) is 46.6 Å². The number of aryl methyl sites for hydroxylation is 1. The summed E-state index contributed by atoms with van der Waals surface area (Å²) >= 11 is 0. The topological polar surface area (TPSA) is 38.1 Å². The van der Waals surface area contributed by atoms with Crippen LogP contribution in [0.4, 0.5) is 27.6 Å². The van der Waals surface area contributed by atoms with Crippen molar-refractivity contribution >= 4 is 5.69 Å². The zero-order valence-electron chi connectivity index (χ0n) is 9.53. The molecule has 1 aromatic carbocycles. The second kappa shape index (κ2) is 4.87. The van der Waals surface area contributed by atoms with Gasteiger partial charge in [0.1, 0.15) is 17.1 Å². The number of halogens is 5. The Hall–Kier alpha value is -2.12. The average molecular weight is 278 g/mol. The first-order valence-electron chi connectivity index (χ1n) is 5.09. The number of nitrogens with one attached hydrogen (secondary N) is 1. The highest BCUT2D eigenvalue weighted by atomic mass is 19.2. The molecule has 19 heavy (non-hydrogen) atoms. The van der Waals surface area contributed by atoms with E-state index in [9.17, 15) is 22.0 Å². The minimum atomic E-state index is -2.20. The Balaban J connectivity index is 2.30. The molecular weight excluding hydrogens is 271 g/mol. The summed E-state index contributed by atoms with van der Waals surface area (Å²) in [6, 6.07) is 1.46. The van der Waals surface area contributed by atoms with Gasteiger partial charge in [-0.2, -0.15) is 0 Å². The molecule has 0 saturated heterocycles. The fourth-order valence-electron chi connectivity index (χ4n) is 1.44. The molecule has 0 aliphatic carbocycles. The third kappa shape index (κ3) is 2.38. The van der Waals surface area contributed by atoms with E-state index in [-0.39, 0.29) is 12.2 Å². The van der Waals surface area contributed by atoms with Gasteiger partial charge in [0, 0.05) is 6.07 Å². The van der Waals surface area contributed by atoms with Crippen LogP contribution in [-0.2, 0) is 6.54 Å². The van der Waals surface area contributed by atoms with Gasteiger partial charge in [-0.25, -0.2) is 22.0 Å². The van der Waals surface area contributed by atoms with Crippen LogP contribution in [0.1, 0.15) is 11.5 Å². The zero-order valence-corrected chi connectivity index (χ0v) is 9.53. The fourth-order valence-corrected chi connectivity index (χ4v) is 1.44. The molecule has 0 amide bonds. The van der Waals surface area contributed by atoms with Crippen LogP contribution in [0.2, 0.25) is 0 Å². The lowest BCUT2D eigenvalue weighted by molar-refractivity contribution is 0.380. The predicted octanol–water partition coefficient (Wildman–Crippen LogP) is 3.29. The van der Waals surface area contributed by atoms with E-state index in [4.69, 9.17) is 4.52 Å². The van der Waals surface area contributed by atoms with Gasteiger partial charge in [0.2, 0.25) is 5.82 Å². The molecule has 2 rings (SSSR count). The molecule has 2 aromatic rings. The van der Waals surface area contributed by atoms with Crippen LogP contribution in [0.15, 0.2) is 10.6 Å². The van der Waals surface area contributed by atoms with Crippen molar-refractivity contribution in [3.8, 4) is 0 Å². The maximum atomic E-state index is 13.3. The summed E-state index contributed by atoms with van der Waals surface area (Å²) < 4.78 is 69.8. The van der Waals surface area contributed by atoms with Crippen molar-refractivity contribution in [1.82, 2.24) is 5.16 Å². The van der Waals surface area contributed by atoms with Gasteiger partial charge >= 0.3 is 0 Å². The normalized spacial score (nSPS) is 10.8. The van der Waals surface area contributed by atoms with Crippen LogP contribution >= 0.6 is 0 Å². The number of benzene rings is 1. The first-order valence-corrected chi connectivity index (χ1v) is 5.09. The molecule has 0 fully saturated rings. The Morgan fingerprint density at radius 2 is 1.53 bits per heavy atom. The van der Waals surface area contributed by atoms with Gasteiger partial charge < -0.3 is 9.84 Å². The zero-order chi connectivity index (χ0) is 14.2. The molecule has 1 N–H and O–H groups in total. The molecular formula is C11H7F5N2O. The average Bonchev–Trinajstić information content (AvgIpc) is 2.80. The van der Waals surface area contributed by atoms with Gasteiger partial charge in [0.25, 0.3) is 0 Å². The Morgan fingerprint density at radius 3 is 2.00 bits per heavy atom. The van der Waals surface area contributed by atoms with E-state index in [1.165, 1.54) is 6.07 Å². The van der Waals surface area contributed by atoms with Crippen molar-refractivity contribution in [3.63, 3.8) is 0 Å². The monoisotopic (exact) mass is 278 g/mol. The highest BCUT2D eigenvalue weighted by Gasteiger charge is 2.25. The van der Waals surface area contributed by atoms with Gasteiger partial charge in [0.05, 0.1) is 6.54 Å². The molecule has 0 saturated carbocycles. The third-order valence-electron chi connectivity index (χ3n) is 2.33. The molecule has 1 heterocycles. The molecule has 0 radical (unpaired) electrons. The van der Waals surface area contributed by atoms with Crippen LogP contribution in [0.5, 0.6) is 0 Å². The largest absolute Gasteiger partial charge is 0.374 e. The molecule has 0 bridgehead atoms. The van der Waals surface area contributed by atoms with E-state index in [1.807, 2.05) is 0 Å². The summed E-state index contributed by atoms with van der Waals surface area (Å²) in [5, 5.41) is 5.61. The lowest BCUT2D eigenvalue weighted by Gasteiger charge is -2.09. The summed E-state index contributed by atoms with van der Waals surface area (Å²) in [5.74, 6) is -9.59. The molecule has 8 heteroatoms. The van der Waals surface area contributed by atoms with Gasteiger partial charge in [0.15, 0.2) is 23.3 Å². The highest BCUT2D eigenvalue weighted by Crippen LogP contribution is 2.27. The first kappa shape index (κ1) is 13.3. The SMILES string of the molecule is Cc1cc(CNc2c(F)c(F)c(F)c(F)c2F)no1. The smallest absolute Gasteiger partial charge is 0.200 e. The maximum Gasteiger partial charge on any atom is 0.200 e. The molecule has 1 aromatic heterocycles. The van der Waals surface area contributed by atoms with E-state index < -0.39 is 34.8 Å². The Bertz CT molecular complexity index is 597. The summed E-state index contributed by atoms with van der Waals surface area (Å²) in [6.45, 7) is 1.35. The van der Waals surface area contributed by atoms with E-state index in [1.54, 1.807) is 6.92 Å². The van der Waals surface area contributed by atoms with Crippen LogP contribution in [0.3, 0.4) is 0 Å². The minimum Gasteiger partial charge on any atom is -0.374 e. The van der Waals surface area contributed by atoms with E-state index in [0.717, 1.165) is 0 Å². The van der Waals surface area contributed by atoms with Crippen LogP contribution < -0.4 is 5.32 Å². The number of rotatable bonds is 3. The molecule has 0 spiro atoms. The standard InChI is InChI=1S/C11H7F5N2O/c1-4-2-5(18-19-4)3-17-11-9(15)7(13)6(12)8(14)10(11)16/h2,17H,3H2,1H3. The minimum absolute atomic E-state index is 0.240. The highest BCUT2D eigenvalue weighted by molar-refractivity contribution is 5.47. The Kier molecular flexibility index (Phi) is 3.41. The number of anilines is 1. The molecule has 102 valence electrons. The molecule has 0 unspecified atom stereocenters. The van der Waals surface area contributed by atoms with Crippen molar-refractivity contribution in [2.75, 3.05) is 5.32 Å². The third-order valence-corrected chi connectivity index (χ3v) is 2.33. The summed E-state index contributed by atoms with van der Waals surface area (Å²) in [4.78, 5) is 0. The number of nitrogens with zero attached hydrogens (tertiary/aromatic N) is 1. The van der Waals surface area contributed by atoms with E-state index in [2.05, 4.69) is 10.5 Å². The van der Waals surface area contributed by atoms with E-state index in [0.29, 0.717) is 5.76 Å². The molecule has 0 aliphatic rings. The number of aromatic nitrogens is 1. The lowest BCUT2D eigenvalue weighted by atomic mass is 10.2. The summed E-state index contributed by atoms with van der Waals surface area (Å²) in [5.41, 5.74) is -0.835. The van der Waals surface area contributed by atoms with Gasteiger partial charge in [-0.05, 0) is 6.92 Å². The summed E-state index contributed by atoms with van der Waals surface area (Å²) in [6.07, 6.45) is 0. The Morgan fingerprint density at radius 1 is 1.00 bits per heavy atom. The van der Waals surface area contributed by atoms with Gasteiger partial charge in [-0.1, -0.05) is 5.16 Å². The molecule has 0 aliphatic heterocycles. The quantitative estimate of drug-likeness (QED) is 0.532. The van der Waals surface area contributed by atoms with E-state index >= 15 is 0 Å². The first-order chi connectivity index (χ1) is 8.91. The van der Waals surface area contributed by atoms with Crippen molar-refractivity contribution in [2.45, 2.75) is 13.5 Å². The summed E-state index contributed by atoms with van der Waals surface area (Å²) in [7, 11) is 0. The lowest BCUT2D eigenvalue weighted by Crippen LogP contribution is -2.10. The molecule has 3 nitrogen and oxygen atoms in total. The second-order valence-electron chi connectivity index (χ2n) is 3.73. The van der Waals surface area contributed by atoms with Crippen molar-refractivity contribution in [1.29, 1.82) is 0 Å². The van der Waals surface area contributed by atoms with Gasteiger partial charge in [-0.15, -0.1) is 0 Å². The van der Waals surface area contributed by atoms with Crippen LogP contribution in [-0.4, -0.2) is 5.16 Å². The van der Waals surface area contributed by atoms with Crippen molar-refractivity contribution < 1.29 is 26.5 Å². The van der Waals surface area contributed by atoms with Crippen molar-refractivity contribution in [2.24, 2.45) is 0 Å². The maximum absolute atomic E-state index is 13.3. The number of hydrogen-bond acceptors (Lipinski definition) is 3. The second-order valence-corrected chi connectivity index (χ2v) is 3.73. The predicted molar refractivity (Wildman–Crippen MR) is 54.8 cm³/mol. The Labute approximate surface area is 104 Å². The number of hydrogen-bond donors (Lipinski definition) is 1. The fraction of sp³-hybridized carbons (Fsp3) is 0.182. The van der Waals surface area contributed by atoms with Crippen LogP contribution in [0.25, 0.3) is 0 Å². The molecule has 0 atom stereocenters. The van der Waals surface area contributed by atoms with Crippen LogP contribution in [0, 0.1) is 36.0 Å².